The van der Waals surface area contributed by atoms with Gasteiger partial charge in [0.25, 0.3) is 0 Å². The van der Waals surface area contributed by atoms with Crippen LogP contribution in [0, 0.1) is 0 Å². The summed E-state index contributed by atoms with van der Waals surface area (Å²) in [5, 5.41) is 0. The molecule has 0 saturated carbocycles. The Kier molecular flexibility index (Phi) is 34.4. The van der Waals surface area contributed by atoms with E-state index in [0.717, 1.165) is 0 Å². The van der Waals surface area contributed by atoms with Crippen LogP contribution in [-0.4, -0.2) is 182 Å². The predicted octanol–water partition coefficient (Wildman–Crippen LogP) is 2.26. The third-order valence-electron chi connectivity index (χ3n) is 5.60. The molecule has 0 saturated heterocycles. The Bertz CT molecular complexity index is 710. The standard InChI is InChI=1S/C35H68O16/c1-34(2,3)50-32(36)7-8-38-9-10-39-11-12-40-13-14-41-15-16-42-17-18-43-19-20-44-21-22-45-23-24-46-25-26-47-27-28-48-29-30-49-31-33(37)51-35(4,5)6/h7-31H2,1-6H3. The molecule has 0 aliphatic rings. The van der Waals surface area contributed by atoms with E-state index in [4.69, 9.17) is 66.3 Å². The van der Waals surface area contributed by atoms with Gasteiger partial charge >= 0.3 is 11.9 Å². The highest BCUT2D eigenvalue weighted by molar-refractivity contribution is 5.71. The Morgan fingerprint density at radius 3 is 0.725 bits per heavy atom. The molecular formula is C35H68O16. The smallest absolute Gasteiger partial charge is 0.332 e. The Labute approximate surface area is 305 Å². The van der Waals surface area contributed by atoms with Gasteiger partial charge < -0.3 is 66.3 Å². The summed E-state index contributed by atoms with van der Waals surface area (Å²) in [6.45, 7) is 21.2. The van der Waals surface area contributed by atoms with Gasteiger partial charge in [0, 0.05) is 0 Å². The molecule has 0 aliphatic carbocycles. The molecular weight excluding hydrogens is 676 g/mol. The zero-order valence-electron chi connectivity index (χ0n) is 32.2. The summed E-state index contributed by atoms with van der Waals surface area (Å²) in [5.74, 6) is -0.660. The molecule has 0 spiro atoms. The highest BCUT2D eigenvalue weighted by Gasteiger charge is 2.16. The van der Waals surface area contributed by atoms with Crippen molar-refractivity contribution in [3.05, 3.63) is 0 Å². The van der Waals surface area contributed by atoms with Crippen molar-refractivity contribution in [2.75, 3.05) is 159 Å². The van der Waals surface area contributed by atoms with Crippen LogP contribution in [-0.2, 0) is 75.9 Å². The van der Waals surface area contributed by atoms with Crippen LogP contribution in [0.25, 0.3) is 0 Å². The van der Waals surface area contributed by atoms with Crippen LogP contribution in [0.3, 0.4) is 0 Å². The highest BCUT2D eigenvalue weighted by Crippen LogP contribution is 2.08. The Balaban J connectivity index is 3.14. The van der Waals surface area contributed by atoms with Crippen LogP contribution in [0.2, 0.25) is 0 Å². The summed E-state index contributed by atoms with van der Waals surface area (Å²) < 4.78 is 75.4. The van der Waals surface area contributed by atoms with Crippen LogP contribution in [0.1, 0.15) is 48.0 Å². The number of ether oxygens (including phenoxy) is 14. The Morgan fingerprint density at radius 1 is 0.294 bits per heavy atom. The maximum Gasteiger partial charge on any atom is 0.332 e. The van der Waals surface area contributed by atoms with Crippen molar-refractivity contribution in [3.63, 3.8) is 0 Å². The van der Waals surface area contributed by atoms with Gasteiger partial charge in [-0.2, -0.15) is 0 Å². The monoisotopic (exact) mass is 744 g/mol. The molecule has 0 heterocycles. The molecule has 0 aromatic carbocycles. The third-order valence-corrected chi connectivity index (χ3v) is 5.60. The highest BCUT2D eigenvalue weighted by atomic mass is 16.6. The first-order valence-corrected chi connectivity index (χ1v) is 17.9. The van der Waals surface area contributed by atoms with Crippen LogP contribution >= 0.6 is 0 Å². The summed E-state index contributed by atoms with van der Waals surface area (Å²) in [5.41, 5.74) is -0.994. The molecule has 16 nitrogen and oxygen atoms in total. The minimum atomic E-state index is -0.515. The van der Waals surface area contributed by atoms with Crippen molar-refractivity contribution in [1.29, 1.82) is 0 Å². The number of hydrogen-bond donors (Lipinski definition) is 0. The summed E-state index contributed by atoms with van der Waals surface area (Å²) in [6, 6.07) is 0. The van der Waals surface area contributed by atoms with E-state index in [9.17, 15) is 9.59 Å². The molecule has 0 N–H and O–H groups in total. The fourth-order valence-electron chi connectivity index (χ4n) is 3.49. The van der Waals surface area contributed by atoms with E-state index in [0.29, 0.717) is 152 Å². The maximum atomic E-state index is 11.6. The van der Waals surface area contributed by atoms with Gasteiger partial charge in [-0.1, -0.05) is 0 Å². The summed E-state index contributed by atoms with van der Waals surface area (Å²) in [6.07, 6.45) is 0.227. The molecule has 0 bridgehead atoms. The largest absolute Gasteiger partial charge is 0.460 e. The van der Waals surface area contributed by atoms with Gasteiger partial charge in [-0.3, -0.25) is 4.79 Å². The van der Waals surface area contributed by atoms with Crippen molar-refractivity contribution in [2.45, 2.75) is 59.2 Å². The van der Waals surface area contributed by atoms with Gasteiger partial charge in [0.2, 0.25) is 0 Å². The predicted molar refractivity (Wildman–Crippen MR) is 186 cm³/mol. The fraction of sp³-hybridized carbons (Fsp3) is 0.943. The molecule has 0 rings (SSSR count). The molecule has 16 heteroatoms. The molecule has 0 radical (unpaired) electrons. The average Bonchev–Trinajstić information content (AvgIpc) is 3.04. The lowest BCUT2D eigenvalue weighted by molar-refractivity contribution is -0.161. The molecule has 51 heavy (non-hydrogen) atoms. The summed E-state index contributed by atoms with van der Waals surface area (Å²) >= 11 is 0. The molecule has 0 aromatic heterocycles. The topological polar surface area (TPSA) is 163 Å². The number of carbonyl (C=O) groups is 2. The number of carbonyl (C=O) groups excluding carboxylic acids is 2. The van der Waals surface area contributed by atoms with Gasteiger partial charge in [0.1, 0.15) is 17.8 Å². The van der Waals surface area contributed by atoms with E-state index in [1.807, 2.05) is 41.5 Å². The van der Waals surface area contributed by atoms with Gasteiger partial charge in [-0.25, -0.2) is 4.79 Å². The van der Waals surface area contributed by atoms with Gasteiger partial charge in [-0.15, -0.1) is 0 Å². The van der Waals surface area contributed by atoms with E-state index in [1.165, 1.54) is 0 Å². The van der Waals surface area contributed by atoms with Crippen molar-refractivity contribution >= 4 is 11.9 Å². The minimum absolute atomic E-state index is 0.0878. The molecule has 0 aliphatic heterocycles. The minimum Gasteiger partial charge on any atom is -0.460 e. The van der Waals surface area contributed by atoms with Crippen LogP contribution in [0.15, 0.2) is 0 Å². The van der Waals surface area contributed by atoms with E-state index in [1.54, 1.807) is 0 Å². The lowest BCUT2D eigenvalue weighted by Crippen LogP contribution is -2.27. The lowest BCUT2D eigenvalue weighted by atomic mass is 10.2. The van der Waals surface area contributed by atoms with E-state index in [-0.39, 0.29) is 19.0 Å². The fourth-order valence-corrected chi connectivity index (χ4v) is 3.49. The maximum absolute atomic E-state index is 11.6. The van der Waals surface area contributed by atoms with Crippen LogP contribution < -0.4 is 0 Å². The van der Waals surface area contributed by atoms with Crippen molar-refractivity contribution in [3.8, 4) is 0 Å². The van der Waals surface area contributed by atoms with Crippen LogP contribution in [0.5, 0.6) is 0 Å². The van der Waals surface area contributed by atoms with Gasteiger partial charge in [-0.05, 0) is 41.5 Å². The molecule has 0 atom stereocenters. The van der Waals surface area contributed by atoms with E-state index >= 15 is 0 Å². The van der Waals surface area contributed by atoms with Crippen LogP contribution in [0.4, 0.5) is 0 Å². The SMILES string of the molecule is CC(C)(C)OC(=O)CCOCCOCCOCCOCCOCCOCCOCCOCCOCCOCCOCCOCC(=O)OC(C)(C)C. The quantitative estimate of drug-likeness (QED) is 0.0668. The van der Waals surface area contributed by atoms with Crippen molar-refractivity contribution in [2.24, 2.45) is 0 Å². The number of esters is 2. The van der Waals surface area contributed by atoms with Gasteiger partial charge in [0.15, 0.2) is 0 Å². The Morgan fingerprint density at radius 2 is 0.490 bits per heavy atom. The Hall–Kier alpha value is -1.54. The first kappa shape index (κ1) is 49.5. The van der Waals surface area contributed by atoms with Crippen molar-refractivity contribution < 1.29 is 75.9 Å². The molecule has 0 amide bonds. The first-order chi connectivity index (χ1) is 24.5. The second kappa shape index (κ2) is 35.5. The van der Waals surface area contributed by atoms with E-state index < -0.39 is 17.2 Å². The molecule has 0 unspecified atom stereocenters. The van der Waals surface area contributed by atoms with Gasteiger partial charge in [0.05, 0.1) is 158 Å². The molecule has 0 fully saturated rings. The molecule has 0 aromatic rings. The zero-order chi connectivity index (χ0) is 37.7. The van der Waals surface area contributed by atoms with Crippen molar-refractivity contribution in [1.82, 2.24) is 0 Å². The second-order valence-corrected chi connectivity index (χ2v) is 12.7. The third kappa shape index (κ3) is 44.5. The second-order valence-electron chi connectivity index (χ2n) is 12.7. The summed E-state index contributed by atoms with van der Waals surface area (Å²) in [7, 11) is 0. The molecule has 304 valence electrons. The lowest BCUT2D eigenvalue weighted by Gasteiger charge is -2.19. The van der Waals surface area contributed by atoms with E-state index in [2.05, 4.69) is 0 Å². The average molecular weight is 745 g/mol. The first-order valence-electron chi connectivity index (χ1n) is 17.9. The number of hydrogen-bond acceptors (Lipinski definition) is 16. The summed E-state index contributed by atoms with van der Waals surface area (Å²) in [4.78, 5) is 23.1. The normalized spacial score (nSPS) is 12.0. The number of rotatable bonds is 38. The zero-order valence-corrected chi connectivity index (χ0v) is 32.2.